The van der Waals surface area contributed by atoms with Crippen LogP contribution in [0.3, 0.4) is 0 Å². The lowest BCUT2D eigenvalue weighted by Gasteiger charge is -2.27. The highest BCUT2D eigenvalue weighted by atomic mass is 16.6. The average Bonchev–Trinajstić information content (AvgIpc) is 1.83. The van der Waals surface area contributed by atoms with Crippen LogP contribution in [-0.2, 0) is 4.74 Å². The predicted octanol–water partition coefficient (Wildman–Crippen LogP) is -1.55. The second-order valence-corrected chi connectivity index (χ2v) is 2.11. The lowest BCUT2D eigenvalue weighted by atomic mass is 10.1. The van der Waals surface area contributed by atoms with E-state index in [1.807, 2.05) is 0 Å². The van der Waals surface area contributed by atoms with Gasteiger partial charge in [0, 0.05) is 0 Å². The van der Waals surface area contributed by atoms with Crippen molar-refractivity contribution in [3.05, 3.63) is 0 Å². The molecule has 0 aromatic carbocycles. The quantitative estimate of drug-likeness (QED) is 0.375. The summed E-state index contributed by atoms with van der Waals surface area (Å²) in [7, 11) is 0. The lowest BCUT2D eigenvalue weighted by molar-refractivity contribution is -0.219. The smallest absolute Gasteiger partial charge is 0.183 e. The Labute approximate surface area is 52.7 Å². The van der Waals surface area contributed by atoms with Gasteiger partial charge in [0.2, 0.25) is 0 Å². The molecule has 0 aromatic rings. The van der Waals surface area contributed by atoms with Crippen LogP contribution in [-0.4, -0.2) is 40.4 Å². The summed E-state index contributed by atoms with van der Waals surface area (Å²) in [5.74, 6) is 0. The molecule has 3 N–H and O–H groups in total. The molecule has 54 valence electrons. The third-order valence-electron chi connectivity index (χ3n) is 1.39. The molecule has 3 atom stereocenters. The van der Waals surface area contributed by atoms with Crippen LogP contribution < -0.4 is 0 Å². The third-order valence-corrected chi connectivity index (χ3v) is 1.39. The summed E-state index contributed by atoms with van der Waals surface area (Å²) in [6.45, 7) is 0.305. The first-order valence-corrected chi connectivity index (χ1v) is 2.87. The highest BCUT2D eigenvalue weighted by Gasteiger charge is 2.29. The van der Waals surface area contributed by atoms with Crippen LogP contribution in [0.1, 0.15) is 6.42 Å². The van der Waals surface area contributed by atoms with Gasteiger partial charge in [-0.15, -0.1) is 0 Å². The Morgan fingerprint density at radius 3 is 2.33 bits per heavy atom. The summed E-state index contributed by atoms with van der Waals surface area (Å²) in [5, 5.41) is 26.4. The molecule has 0 saturated carbocycles. The highest BCUT2D eigenvalue weighted by molar-refractivity contribution is 4.73. The van der Waals surface area contributed by atoms with Gasteiger partial charge in [-0.1, -0.05) is 0 Å². The van der Waals surface area contributed by atoms with Crippen molar-refractivity contribution in [2.75, 3.05) is 6.61 Å². The summed E-state index contributed by atoms with van der Waals surface area (Å²) >= 11 is 0. The van der Waals surface area contributed by atoms with Gasteiger partial charge < -0.3 is 20.1 Å². The van der Waals surface area contributed by atoms with E-state index in [1.54, 1.807) is 0 Å². The normalized spacial score (nSPS) is 45.0. The molecule has 1 aliphatic rings. The zero-order valence-electron chi connectivity index (χ0n) is 4.90. The Kier molecular flexibility index (Phi) is 2.02. The monoisotopic (exact) mass is 134 g/mol. The summed E-state index contributed by atoms with van der Waals surface area (Å²) in [6, 6.07) is 0. The molecule has 4 heteroatoms. The number of aliphatic hydroxyl groups is 3. The standard InChI is InChI=1S/C5H10O4/c6-3-1-2-9-5(8)4(3)7/h3-8H,1-2H2/t3-,4-,5-/m0/s1. The summed E-state index contributed by atoms with van der Waals surface area (Å²) < 4.78 is 4.61. The van der Waals surface area contributed by atoms with Crippen LogP contribution in [0.15, 0.2) is 0 Å². The van der Waals surface area contributed by atoms with E-state index in [2.05, 4.69) is 4.74 Å². The molecule has 0 bridgehead atoms. The molecule has 0 radical (unpaired) electrons. The van der Waals surface area contributed by atoms with Crippen LogP contribution in [0.2, 0.25) is 0 Å². The van der Waals surface area contributed by atoms with E-state index in [0.717, 1.165) is 0 Å². The molecule has 1 rings (SSSR count). The maximum Gasteiger partial charge on any atom is 0.183 e. The topological polar surface area (TPSA) is 69.9 Å². The molecule has 0 amide bonds. The maximum atomic E-state index is 8.86. The summed E-state index contributed by atoms with van der Waals surface area (Å²) in [4.78, 5) is 0. The van der Waals surface area contributed by atoms with Crippen LogP contribution >= 0.6 is 0 Å². The second-order valence-electron chi connectivity index (χ2n) is 2.11. The molecule has 0 unspecified atom stereocenters. The molecule has 1 aliphatic heterocycles. The van der Waals surface area contributed by atoms with Crippen molar-refractivity contribution in [3.63, 3.8) is 0 Å². The van der Waals surface area contributed by atoms with Crippen LogP contribution in [0, 0.1) is 0 Å². The Morgan fingerprint density at radius 2 is 1.89 bits per heavy atom. The first-order chi connectivity index (χ1) is 4.22. The van der Waals surface area contributed by atoms with E-state index in [9.17, 15) is 0 Å². The minimum atomic E-state index is -1.21. The van der Waals surface area contributed by atoms with Gasteiger partial charge in [0.1, 0.15) is 6.10 Å². The number of aliphatic hydroxyl groups excluding tert-OH is 3. The van der Waals surface area contributed by atoms with E-state index in [-0.39, 0.29) is 0 Å². The van der Waals surface area contributed by atoms with Gasteiger partial charge >= 0.3 is 0 Å². The molecular formula is C5H10O4. The maximum absolute atomic E-state index is 8.86. The van der Waals surface area contributed by atoms with Crippen LogP contribution in [0.4, 0.5) is 0 Å². The lowest BCUT2D eigenvalue weighted by Crippen LogP contribution is -2.44. The second kappa shape index (κ2) is 2.62. The number of rotatable bonds is 0. The van der Waals surface area contributed by atoms with Gasteiger partial charge in [-0.05, 0) is 6.42 Å². The van der Waals surface area contributed by atoms with Gasteiger partial charge in [0.25, 0.3) is 0 Å². The first-order valence-electron chi connectivity index (χ1n) is 2.87. The van der Waals surface area contributed by atoms with Crippen molar-refractivity contribution in [2.24, 2.45) is 0 Å². The van der Waals surface area contributed by atoms with Crippen LogP contribution in [0.5, 0.6) is 0 Å². The Morgan fingerprint density at radius 1 is 1.22 bits per heavy atom. The molecule has 0 aromatic heterocycles. The molecule has 1 fully saturated rings. The zero-order valence-corrected chi connectivity index (χ0v) is 4.90. The minimum absolute atomic E-state index is 0.305. The van der Waals surface area contributed by atoms with Crippen molar-refractivity contribution in [3.8, 4) is 0 Å². The van der Waals surface area contributed by atoms with E-state index in [0.29, 0.717) is 13.0 Å². The van der Waals surface area contributed by atoms with Gasteiger partial charge in [-0.3, -0.25) is 0 Å². The Hall–Kier alpha value is -0.160. The van der Waals surface area contributed by atoms with Crippen molar-refractivity contribution in [2.45, 2.75) is 24.9 Å². The van der Waals surface area contributed by atoms with Gasteiger partial charge in [-0.25, -0.2) is 0 Å². The SMILES string of the molecule is O[C@H]1[C@@H](O)CCO[C@@H]1O. The van der Waals surface area contributed by atoms with Crippen molar-refractivity contribution in [1.29, 1.82) is 0 Å². The van der Waals surface area contributed by atoms with Gasteiger partial charge in [0.05, 0.1) is 12.7 Å². The molecule has 1 heterocycles. The van der Waals surface area contributed by atoms with E-state index >= 15 is 0 Å². The number of hydrogen-bond donors (Lipinski definition) is 3. The molecule has 0 aliphatic carbocycles. The predicted molar refractivity (Wildman–Crippen MR) is 28.6 cm³/mol. The zero-order chi connectivity index (χ0) is 6.85. The molecule has 0 spiro atoms. The molecule has 4 nitrogen and oxygen atoms in total. The first kappa shape index (κ1) is 6.95. The fraction of sp³-hybridized carbons (Fsp3) is 1.00. The number of ether oxygens (including phenoxy) is 1. The Balaban J connectivity index is 2.41. The largest absolute Gasteiger partial charge is 0.390 e. The van der Waals surface area contributed by atoms with Crippen LogP contribution in [0.25, 0.3) is 0 Å². The average molecular weight is 134 g/mol. The van der Waals surface area contributed by atoms with E-state index < -0.39 is 18.5 Å². The van der Waals surface area contributed by atoms with E-state index in [4.69, 9.17) is 15.3 Å². The summed E-state index contributed by atoms with van der Waals surface area (Å²) in [6.07, 6.45) is -2.81. The highest BCUT2D eigenvalue weighted by Crippen LogP contribution is 2.11. The van der Waals surface area contributed by atoms with Gasteiger partial charge in [0.15, 0.2) is 6.29 Å². The minimum Gasteiger partial charge on any atom is -0.390 e. The third kappa shape index (κ3) is 1.40. The molecular weight excluding hydrogens is 124 g/mol. The van der Waals surface area contributed by atoms with E-state index in [1.165, 1.54) is 0 Å². The summed E-state index contributed by atoms with van der Waals surface area (Å²) in [5.41, 5.74) is 0. The fourth-order valence-electron chi connectivity index (χ4n) is 0.769. The molecule has 1 saturated heterocycles. The van der Waals surface area contributed by atoms with Crippen molar-refractivity contribution >= 4 is 0 Å². The van der Waals surface area contributed by atoms with Crippen molar-refractivity contribution < 1.29 is 20.1 Å². The number of hydrogen-bond acceptors (Lipinski definition) is 4. The van der Waals surface area contributed by atoms with Crippen molar-refractivity contribution in [1.82, 2.24) is 0 Å². The fourth-order valence-corrected chi connectivity index (χ4v) is 0.769. The molecule has 9 heavy (non-hydrogen) atoms. The Bertz CT molecular complexity index is 85.0. The van der Waals surface area contributed by atoms with Gasteiger partial charge in [-0.2, -0.15) is 0 Å².